The molecule has 2 aliphatic rings. The second-order valence-electron chi connectivity index (χ2n) is 5.88. The maximum absolute atomic E-state index is 9.97. The maximum atomic E-state index is 9.97. The predicted molar refractivity (Wildman–Crippen MR) is 75.1 cm³/mol. The number of aromatic nitrogens is 2. The van der Waals surface area contributed by atoms with Gasteiger partial charge in [-0.1, -0.05) is 23.4 Å². The van der Waals surface area contributed by atoms with Gasteiger partial charge in [-0.05, 0) is 31.2 Å². The number of fused-ring (bicyclic) bond motifs is 1. The summed E-state index contributed by atoms with van der Waals surface area (Å²) in [5.41, 5.74) is 1.11. The number of benzene rings is 1. The summed E-state index contributed by atoms with van der Waals surface area (Å²) in [5, 5.41) is 14.1. The van der Waals surface area contributed by atoms with Gasteiger partial charge in [-0.25, -0.2) is 0 Å². The van der Waals surface area contributed by atoms with Gasteiger partial charge in [0.2, 0.25) is 5.89 Å². The van der Waals surface area contributed by atoms with Crippen LogP contribution in [0.3, 0.4) is 0 Å². The third kappa shape index (κ3) is 2.53. The van der Waals surface area contributed by atoms with Crippen molar-refractivity contribution >= 4 is 0 Å². The van der Waals surface area contributed by atoms with Crippen molar-refractivity contribution in [1.29, 1.82) is 0 Å². The van der Waals surface area contributed by atoms with Gasteiger partial charge in [-0.15, -0.1) is 0 Å². The quantitative estimate of drug-likeness (QED) is 0.934. The Bertz CT molecular complexity index is 636. The molecule has 0 radical (unpaired) electrons. The highest BCUT2D eigenvalue weighted by Crippen LogP contribution is 2.37. The van der Waals surface area contributed by atoms with Crippen LogP contribution in [0.5, 0.6) is 5.75 Å². The van der Waals surface area contributed by atoms with E-state index in [-0.39, 0.29) is 12.0 Å². The minimum Gasteiger partial charge on any atom is -0.493 e. The molecule has 1 aromatic heterocycles. The summed E-state index contributed by atoms with van der Waals surface area (Å²) in [6, 6.07) is 7.99. The smallest absolute Gasteiger partial charge is 0.229 e. The van der Waals surface area contributed by atoms with Crippen LogP contribution >= 0.6 is 0 Å². The molecule has 1 aliphatic carbocycles. The molecule has 110 valence electrons. The van der Waals surface area contributed by atoms with Gasteiger partial charge in [0.1, 0.15) is 5.75 Å². The van der Waals surface area contributed by atoms with Crippen LogP contribution in [-0.4, -0.2) is 28.0 Å². The Hall–Kier alpha value is -1.88. The molecule has 1 saturated carbocycles. The Labute approximate surface area is 122 Å². The summed E-state index contributed by atoms with van der Waals surface area (Å²) >= 11 is 0. The molecular weight excluding hydrogens is 268 g/mol. The molecule has 5 heteroatoms. The van der Waals surface area contributed by atoms with Crippen molar-refractivity contribution in [2.45, 2.75) is 37.7 Å². The molecular formula is C16H18N2O3. The molecule has 21 heavy (non-hydrogen) atoms. The average molecular weight is 286 g/mol. The molecule has 1 fully saturated rings. The zero-order valence-corrected chi connectivity index (χ0v) is 11.7. The normalized spacial score (nSPS) is 22.4. The number of aliphatic hydroxyl groups excluding tert-OH is 1. The zero-order valence-electron chi connectivity index (χ0n) is 11.7. The fourth-order valence-corrected chi connectivity index (χ4v) is 2.93. The van der Waals surface area contributed by atoms with Crippen LogP contribution in [0.2, 0.25) is 0 Å². The van der Waals surface area contributed by atoms with Crippen molar-refractivity contribution < 1.29 is 14.4 Å². The topological polar surface area (TPSA) is 68.4 Å². The lowest BCUT2D eigenvalue weighted by atomic mass is 9.92. The highest BCUT2D eigenvalue weighted by Gasteiger charge is 2.32. The highest BCUT2D eigenvalue weighted by atomic mass is 16.5. The average Bonchev–Trinajstić information content (AvgIpc) is 3.27. The Morgan fingerprint density at radius 2 is 2.10 bits per heavy atom. The maximum Gasteiger partial charge on any atom is 0.229 e. The van der Waals surface area contributed by atoms with E-state index in [9.17, 15) is 5.11 Å². The summed E-state index contributed by atoms with van der Waals surface area (Å²) < 4.78 is 11.0. The van der Waals surface area contributed by atoms with Gasteiger partial charge >= 0.3 is 0 Å². The Morgan fingerprint density at radius 3 is 2.95 bits per heavy atom. The van der Waals surface area contributed by atoms with Gasteiger partial charge in [0.15, 0.2) is 5.82 Å². The predicted octanol–water partition coefficient (Wildman–Crippen LogP) is 2.30. The van der Waals surface area contributed by atoms with Crippen molar-refractivity contribution in [3.63, 3.8) is 0 Å². The van der Waals surface area contributed by atoms with E-state index in [0.717, 1.165) is 30.6 Å². The fourth-order valence-electron chi connectivity index (χ4n) is 2.93. The largest absolute Gasteiger partial charge is 0.493 e. The van der Waals surface area contributed by atoms with E-state index in [1.54, 1.807) is 0 Å². The minimum atomic E-state index is -0.347. The van der Waals surface area contributed by atoms with Gasteiger partial charge in [0.05, 0.1) is 25.0 Å². The summed E-state index contributed by atoms with van der Waals surface area (Å²) in [5.74, 6) is 2.67. The van der Waals surface area contributed by atoms with Crippen molar-refractivity contribution in [3.8, 4) is 5.75 Å². The molecule has 0 spiro atoms. The van der Waals surface area contributed by atoms with E-state index in [1.165, 1.54) is 0 Å². The molecule has 2 heterocycles. The number of rotatable bonds is 4. The van der Waals surface area contributed by atoms with E-state index in [4.69, 9.17) is 9.26 Å². The SMILES string of the molecule is OC(Cc1nc(C2CCOc3ccccc32)no1)C1CC1. The number of para-hydroxylation sites is 1. The first-order chi connectivity index (χ1) is 10.3. The lowest BCUT2D eigenvalue weighted by Gasteiger charge is -2.23. The Kier molecular flexibility index (Phi) is 3.15. The molecule has 1 aliphatic heterocycles. The third-order valence-electron chi connectivity index (χ3n) is 4.30. The highest BCUT2D eigenvalue weighted by molar-refractivity contribution is 5.40. The van der Waals surface area contributed by atoms with Crippen LogP contribution in [0.15, 0.2) is 28.8 Å². The van der Waals surface area contributed by atoms with Crippen LogP contribution < -0.4 is 4.74 Å². The van der Waals surface area contributed by atoms with E-state index in [0.29, 0.717) is 30.7 Å². The number of hydrogen-bond acceptors (Lipinski definition) is 5. The molecule has 2 aromatic rings. The first-order valence-electron chi connectivity index (χ1n) is 7.53. The van der Waals surface area contributed by atoms with Gasteiger partial charge in [0.25, 0.3) is 0 Å². The first-order valence-corrected chi connectivity index (χ1v) is 7.53. The molecule has 0 amide bonds. The molecule has 0 saturated heterocycles. The van der Waals surface area contributed by atoms with E-state index in [2.05, 4.69) is 10.1 Å². The van der Waals surface area contributed by atoms with Gasteiger partial charge < -0.3 is 14.4 Å². The monoisotopic (exact) mass is 286 g/mol. The third-order valence-corrected chi connectivity index (χ3v) is 4.30. The van der Waals surface area contributed by atoms with Gasteiger partial charge in [-0.3, -0.25) is 0 Å². The summed E-state index contributed by atoms with van der Waals surface area (Å²) in [7, 11) is 0. The van der Waals surface area contributed by atoms with Crippen molar-refractivity contribution in [3.05, 3.63) is 41.5 Å². The second kappa shape index (κ2) is 5.15. The molecule has 2 atom stereocenters. The second-order valence-corrected chi connectivity index (χ2v) is 5.88. The number of hydrogen-bond donors (Lipinski definition) is 1. The standard InChI is InChI=1S/C16H18N2O3/c19-13(10-5-6-10)9-15-17-16(18-21-15)12-7-8-20-14-4-2-1-3-11(12)14/h1-4,10,12-13,19H,5-9H2. The lowest BCUT2D eigenvalue weighted by Crippen LogP contribution is -2.16. The van der Waals surface area contributed by atoms with E-state index >= 15 is 0 Å². The van der Waals surface area contributed by atoms with Crippen molar-refractivity contribution in [1.82, 2.24) is 10.1 Å². The minimum absolute atomic E-state index is 0.116. The number of aliphatic hydroxyl groups is 1. The van der Waals surface area contributed by atoms with Crippen molar-refractivity contribution in [2.24, 2.45) is 5.92 Å². The van der Waals surface area contributed by atoms with E-state index in [1.807, 2.05) is 24.3 Å². The first kappa shape index (κ1) is 12.8. The molecule has 5 nitrogen and oxygen atoms in total. The van der Waals surface area contributed by atoms with Crippen LogP contribution in [0.25, 0.3) is 0 Å². The number of nitrogens with zero attached hydrogens (tertiary/aromatic N) is 2. The Morgan fingerprint density at radius 1 is 1.24 bits per heavy atom. The Balaban J connectivity index is 1.55. The van der Waals surface area contributed by atoms with Crippen LogP contribution in [0.1, 0.15) is 42.5 Å². The van der Waals surface area contributed by atoms with Crippen LogP contribution in [0, 0.1) is 5.92 Å². The molecule has 0 bridgehead atoms. The summed E-state index contributed by atoms with van der Waals surface area (Å²) in [6.07, 6.45) is 3.18. The lowest BCUT2D eigenvalue weighted by molar-refractivity contribution is 0.140. The zero-order chi connectivity index (χ0) is 14.2. The molecule has 1 aromatic carbocycles. The summed E-state index contributed by atoms with van der Waals surface area (Å²) in [4.78, 5) is 4.49. The van der Waals surface area contributed by atoms with Crippen LogP contribution in [-0.2, 0) is 6.42 Å². The van der Waals surface area contributed by atoms with Gasteiger partial charge in [-0.2, -0.15) is 4.98 Å². The van der Waals surface area contributed by atoms with Crippen molar-refractivity contribution in [2.75, 3.05) is 6.61 Å². The van der Waals surface area contributed by atoms with Crippen LogP contribution in [0.4, 0.5) is 0 Å². The molecule has 1 N–H and O–H groups in total. The van der Waals surface area contributed by atoms with E-state index < -0.39 is 0 Å². The summed E-state index contributed by atoms with van der Waals surface area (Å²) in [6.45, 7) is 0.663. The molecule has 4 rings (SSSR count). The molecule has 2 unspecified atom stereocenters. The van der Waals surface area contributed by atoms with Gasteiger partial charge in [0, 0.05) is 5.56 Å². The number of ether oxygens (including phenoxy) is 1. The fraction of sp³-hybridized carbons (Fsp3) is 0.500.